The minimum Gasteiger partial charge on any atom is -0.282 e. The molecule has 0 saturated heterocycles. The Balaban J connectivity index is 0.000000230. The summed E-state index contributed by atoms with van der Waals surface area (Å²) < 4.78 is 0. The first kappa shape index (κ1) is 42.4. The maximum Gasteiger partial charge on any atom is 2.00 e. The monoisotopic (exact) mass is 750 g/mol. The van der Waals surface area contributed by atoms with Crippen LogP contribution in [-0.2, 0) is 39.9 Å². The molecule has 0 aromatic heterocycles. The Morgan fingerprint density at radius 2 is 0.760 bits per heavy atom. The van der Waals surface area contributed by atoms with E-state index >= 15 is 0 Å². The Morgan fingerprint density at radius 3 is 1.12 bits per heavy atom. The molecule has 50 heavy (non-hydrogen) atoms. The fraction of sp³-hybridized carbons (Fsp3) is 0.0217. The molecule has 3 aromatic rings. The minimum atomic E-state index is 0. The SMILES string of the molecule is O=C(SCc1ccc(/C=C/[C]2[CH][CH][CH][CH]2)cc1)c1ccccc1.[CH]1[CH][CH][CH][CH]1.[CH]1[CH][CH][C](/C=C/c2ccc(/C=C/[C]3[CH][CH][CH][CH]3)cc2)[CH]1.[Fe+2].[Fe+2]. The molecule has 0 atom stereocenters. The summed E-state index contributed by atoms with van der Waals surface area (Å²) in [5.74, 6) is 4.38. The van der Waals surface area contributed by atoms with Gasteiger partial charge in [-0.25, -0.2) is 0 Å². The molecule has 4 fully saturated rings. The van der Waals surface area contributed by atoms with Crippen molar-refractivity contribution in [3.05, 3.63) is 252 Å². The Morgan fingerprint density at radius 1 is 0.420 bits per heavy atom. The zero-order valence-corrected chi connectivity index (χ0v) is 30.5. The van der Waals surface area contributed by atoms with Gasteiger partial charge in [0.1, 0.15) is 0 Å². The van der Waals surface area contributed by atoms with E-state index in [0.29, 0.717) is 5.75 Å². The van der Waals surface area contributed by atoms with E-state index in [1.54, 1.807) is 0 Å². The van der Waals surface area contributed by atoms with E-state index in [9.17, 15) is 4.79 Å². The maximum atomic E-state index is 12.1. The third kappa shape index (κ3) is 16.1. The molecule has 4 aliphatic rings. The van der Waals surface area contributed by atoms with Crippen LogP contribution in [0.3, 0.4) is 0 Å². The quantitative estimate of drug-likeness (QED) is 0.203. The summed E-state index contributed by atoms with van der Waals surface area (Å²) in [4.78, 5) is 12.1. The number of benzene rings is 3. The predicted octanol–water partition coefficient (Wildman–Crippen LogP) is 10.7. The third-order valence-corrected chi connectivity index (χ3v) is 8.30. The zero-order chi connectivity index (χ0) is 33.1. The number of rotatable bonds is 9. The van der Waals surface area contributed by atoms with Crippen molar-refractivity contribution in [1.82, 2.24) is 0 Å². The van der Waals surface area contributed by atoms with Gasteiger partial charge in [0.25, 0.3) is 0 Å². The molecular formula is C46H38Fe2OS+4. The van der Waals surface area contributed by atoms with Crippen molar-refractivity contribution in [2.45, 2.75) is 5.75 Å². The van der Waals surface area contributed by atoms with Crippen LogP contribution in [0, 0.1) is 127 Å². The normalized spacial score (nSPS) is 18.1. The number of hydrogen-bond acceptors (Lipinski definition) is 2. The van der Waals surface area contributed by atoms with E-state index in [2.05, 4.69) is 149 Å². The minimum absolute atomic E-state index is 0. The van der Waals surface area contributed by atoms with Crippen molar-refractivity contribution in [1.29, 1.82) is 0 Å². The fourth-order valence-electron chi connectivity index (χ4n) is 4.65. The predicted molar refractivity (Wildman–Crippen MR) is 205 cm³/mol. The molecule has 246 valence electrons. The molecule has 4 heteroatoms. The first-order valence-corrected chi connectivity index (χ1v) is 17.0. The molecule has 0 heterocycles. The molecule has 20 radical (unpaired) electrons. The van der Waals surface area contributed by atoms with Crippen LogP contribution in [-0.4, -0.2) is 5.12 Å². The molecule has 7 rings (SSSR count). The van der Waals surface area contributed by atoms with E-state index in [0.717, 1.165) is 16.7 Å². The molecule has 0 unspecified atom stereocenters. The van der Waals surface area contributed by atoms with Crippen molar-refractivity contribution < 1.29 is 38.9 Å². The number of carbonyl (C=O) groups is 1. The van der Waals surface area contributed by atoms with Crippen LogP contribution in [0.2, 0.25) is 0 Å². The van der Waals surface area contributed by atoms with E-state index in [1.165, 1.54) is 40.6 Å². The molecular weight excluding hydrogens is 712 g/mol. The molecule has 0 bridgehead atoms. The van der Waals surface area contributed by atoms with Crippen molar-refractivity contribution in [2.24, 2.45) is 0 Å². The van der Waals surface area contributed by atoms with Crippen LogP contribution in [0.25, 0.3) is 18.2 Å². The average Bonchev–Trinajstić information content (AvgIpc) is 3.99. The van der Waals surface area contributed by atoms with Crippen LogP contribution in [0.4, 0.5) is 0 Å². The summed E-state index contributed by atoms with van der Waals surface area (Å²) in [6.45, 7) is 0. The van der Waals surface area contributed by atoms with Crippen LogP contribution < -0.4 is 0 Å². The molecule has 4 aliphatic carbocycles. The van der Waals surface area contributed by atoms with Gasteiger partial charge in [0.15, 0.2) is 0 Å². The second-order valence-corrected chi connectivity index (χ2v) is 11.9. The fourth-order valence-corrected chi connectivity index (χ4v) is 5.44. The van der Waals surface area contributed by atoms with Gasteiger partial charge in [-0.15, -0.1) is 0 Å². The first-order valence-electron chi connectivity index (χ1n) is 16.0. The van der Waals surface area contributed by atoms with Crippen molar-refractivity contribution in [2.75, 3.05) is 0 Å². The van der Waals surface area contributed by atoms with Gasteiger partial charge < -0.3 is 0 Å². The van der Waals surface area contributed by atoms with Gasteiger partial charge in [-0.1, -0.05) is 127 Å². The van der Waals surface area contributed by atoms with Gasteiger partial charge in [-0.2, -0.15) is 0 Å². The van der Waals surface area contributed by atoms with Crippen molar-refractivity contribution >= 4 is 35.1 Å². The van der Waals surface area contributed by atoms with Gasteiger partial charge in [0, 0.05) is 29.1 Å². The topological polar surface area (TPSA) is 17.1 Å². The Labute approximate surface area is 329 Å². The van der Waals surface area contributed by atoms with Gasteiger partial charge >= 0.3 is 34.1 Å². The summed E-state index contributed by atoms with van der Waals surface area (Å²) in [6.07, 6.45) is 47.6. The van der Waals surface area contributed by atoms with Gasteiger partial charge in [0.2, 0.25) is 5.12 Å². The molecule has 3 aromatic carbocycles. The smallest absolute Gasteiger partial charge is 0.282 e. The Kier molecular flexibility index (Phi) is 21.2. The molecule has 0 spiro atoms. The Hall–Kier alpha value is -2.06. The summed E-state index contributed by atoms with van der Waals surface area (Å²) in [5, 5.41) is 0.116. The van der Waals surface area contributed by atoms with Gasteiger partial charge in [0.05, 0.1) is 0 Å². The molecule has 0 aliphatic heterocycles. The van der Waals surface area contributed by atoms with E-state index in [4.69, 9.17) is 0 Å². The standard InChI is InChI=1S/C21H17OS.C20H16.C5H5.2Fe/c22-21(20-8-2-1-3-9-20)23-16-19-14-12-18(13-15-19)11-10-17-6-4-5-7-17;1-2-6-17(5-1)9-11-19-13-15-20(16-14-19)12-10-18-7-3-4-8-18;1-2-4-5-3-1;;/h1-15H,16H2;1-16H;1-5H;;/q;;;2*+2/b11-10+;11-9+,12-10+;;;. The molecule has 0 N–H and O–H groups in total. The third-order valence-electron chi connectivity index (χ3n) is 7.32. The zero-order valence-electron chi connectivity index (χ0n) is 27.5. The number of allylic oxidation sites excluding steroid dienone is 3. The van der Waals surface area contributed by atoms with E-state index in [1.807, 2.05) is 75.3 Å². The molecule has 4 saturated carbocycles. The molecule has 1 nitrogen and oxygen atoms in total. The maximum absolute atomic E-state index is 12.1. The van der Waals surface area contributed by atoms with Crippen LogP contribution >= 0.6 is 11.8 Å². The first-order chi connectivity index (χ1) is 23.7. The Bertz CT molecular complexity index is 1350. The average molecular weight is 751 g/mol. The van der Waals surface area contributed by atoms with Crippen LogP contribution in [0.1, 0.15) is 32.6 Å². The second kappa shape index (κ2) is 25.0. The van der Waals surface area contributed by atoms with E-state index < -0.39 is 0 Å². The largest absolute Gasteiger partial charge is 2.00 e. The summed E-state index contributed by atoms with van der Waals surface area (Å²) in [5.41, 5.74) is 5.51. The number of thioether (sulfide) groups is 1. The van der Waals surface area contributed by atoms with Gasteiger partial charge in [-0.3, -0.25) is 4.79 Å². The van der Waals surface area contributed by atoms with E-state index in [-0.39, 0.29) is 39.3 Å². The number of carbonyl (C=O) groups excluding carboxylic acids is 1. The second-order valence-electron chi connectivity index (χ2n) is 11.0. The summed E-state index contributed by atoms with van der Waals surface area (Å²) in [7, 11) is 0. The summed E-state index contributed by atoms with van der Waals surface area (Å²) in [6, 6.07) is 26.3. The summed E-state index contributed by atoms with van der Waals surface area (Å²) >= 11 is 1.34. The number of hydrogen-bond donors (Lipinski definition) is 0. The van der Waals surface area contributed by atoms with Gasteiger partial charge in [-0.05, 0) is 131 Å². The van der Waals surface area contributed by atoms with Crippen LogP contribution in [0.15, 0.2) is 97.1 Å². The van der Waals surface area contributed by atoms with Crippen LogP contribution in [0.5, 0.6) is 0 Å². The van der Waals surface area contributed by atoms with Crippen molar-refractivity contribution in [3.63, 3.8) is 0 Å². The van der Waals surface area contributed by atoms with Crippen molar-refractivity contribution in [3.8, 4) is 0 Å². The molecule has 0 amide bonds.